The predicted octanol–water partition coefficient (Wildman–Crippen LogP) is 2.66. The molecule has 7 heteroatoms. The van der Waals surface area contributed by atoms with Gasteiger partial charge in [0.05, 0.1) is 5.69 Å². The predicted molar refractivity (Wildman–Crippen MR) is 72.6 cm³/mol. The van der Waals surface area contributed by atoms with Crippen LogP contribution in [0.3, 0.4) is 0 Å². The molecule has 0 aliphatic heterocycles. The maximum absolute atomic E-state index is 12.9. The smallest absolute Gasteiger partial charge is 0.356 e. The van der Waals surface area contributed by atoms with Gasteiger partial charge in [-0.15, -0.1) is 12.4 Å². The molecule has 0 aliphatic carbocycles. The molecule has 20 heavy (non-hydrogen) atoms. The summed E-state index contributed by atoms with van der Waals surface area (Å²) in [6, 6.07) is 8.96. The van der Waals surface area contributed by atoms with Crippen LogP contribution in [0.15, 0.2) is 42.6 Å². The molecule has 0 fully saturated rings. The van der Waals surface area contributed by atoms with Crippen molar-refractivity contribution in [3.8, 4) is 11.3 Å². The molecular formula is C13H9ClFN3O2. The van der Waals surface area contributed by atoms with Crippen LogP contribution in [0.5, 0.6) is 0 Å². The van der Waals surface area contributed by atoms with Gasteiger partial charge in [0.15, 0.2) is 11.3 Å². The van der Waals surface area contributed by atoms with Crippen molar-refractivity contribution in [3.63, 3.8) is 0 Å². The monoisotopic (exact) mass is 293 g/mol. The van der Waals surface area contributed by atoms with Gasteiger partial charge in [0.2, 0.25) is 0 Å². The van der Waals surface area contributed by atoms with Crippen LogP contribution in [0.2, 0.25) is 0 Å². The molecule has 0 saturated heterocycles. The van der Waals surface area contributed by atoms with E-state index >= 15 is 0 Å². The Kier molecular flexibility index (Phi) is 3.67. The quantitative estimate of drug-likeness (QED) is 0.789. The second-order valence-electron chi connectivity index (χ2n) is 3.94. The summed E-state index contributed by atoms with van der Waals surface area (Å²) in [4.78, 5) is 15.0. The van der Waals surface area contributed by atoms with Crippen LogP contribution < -0.4 is 0 Å². The summed E-state index contributed by atoms with van der Waals surface area (Å²) >= 11 is 0. The minimum absolute atomic E-state index is 0. The van der Waals surface area contributed by atoms with Gasteiger partial charge in [-0.1, -0.05) is 0 Å². The van der Waals surface area contributed by atoms with Gasteiger partial charge >= 0.3 is 5.97 Å². The molecule has 3 rings (SSSR count). The van der Waals surface area contributed by atoms with Gasteiger partial charge in [0.1, 0.15) is 5.82 Å². The molecule has 0 radical (unpaired) electrons. The summed E-state index contributed by atoms with van der Waals surface area (Å²) < 4.78 is 14.3. The molecule has 0 atom stereocenters. The lowest BCUT2D eigenvalue weighted by Gasteiger charge is -2.03. The van der Waals surface area contributed by atoms with Crippen LogP contribution in [-0.4, -0.2) is 25.7 Å². The standard InChI is InChI=1S/C13H8FN3O2.ClH/c14-9-3-1-8(2-4-9)11-5-6-15-12-7-10(13(18)19)16-17(11)12;/h1-7H,(H,18,19);1H. The number of hydrogen-bond donors (Lipinski definition) is 1. The molecule has 0 saturated carbocycles. The highest BCUT2D eigenvalue weighted by Crippen LogP contribution is 2.20. The molecule has 1 aromatic carbocycles. The minimum atomic E-state index is -1.12. The van der Waals surface area contributed by atoms with E-state index in [0.717, 1.165) is 5.56 Å². The van der Waals surface area contributed by atoms with Crippen molar-refractivity contribution in [2.75, 3.05) is 0 Å². The van der Waals surface area contributed by atoms with Crippen LogP contribution in [0.1, 0.15) is 10.5 Å². The highest BCUT2D eigenvalue weighted by Gasteiger charge is 2.12. The van der Waals surface area contributed by atoms with E-state index in [9.17, 15) is 9.18 Å². The Morgan fingerprint density at radius 2 is 1.90 bits per heavy atom. The Morgan fingerprint density at radius 3 is 2.55 bits per heavy atom. The summed E-state index contributed by atoms with van der Waals surface area (Å²) in [5, 5.41) is 12.9. The Hall–Kier alpha value is -2.47. The largest absolute Gasteiger partial charge is 0.476 e. The number of halogens is 2. The third kappa shape index (κ3) is 2.33. The van der Waals surface area contributed by atoms with Gasteiger partial charge < -0.3 is 5.11 Å². The summed E-state index contributed by atoms with van der Waals surface area (Å²) in [6.07, 6.45) is 1.56. The number of fused-ring (bicyclic) bond motifs is 1. The van der Waals surface area contributed by atoms with Gasteiger partial charge in [-0.2, -0.15) is 5.10 Å². The van der Waals surface area contributed by atoms with Gasteiger partial charge in [-0.3, -0.25) is 0 Å². The summed E-state index contributed by atoms with van der Waals surface area (Å²) in [5.74, 6) is -1.45. The van der Waals surface area contributed by atoms with Crippen LogP contribution in [0, 0.1) is 5.82 Å². The van der Waals surface area contributed by atoms with Gasteiger partial charge in [-0.05, 0) is 30.3 Å². The molecule has 2 heterocycles. The number of hydrogen-bond acceptors (Lipinski definition) is 3. The first-order valence-electron chi connectivity index (χ1n) is 5.49. The molecule has 0 spiro atoms. The molecular weight excluding hydrogens is 285 g/mol. The maximum Gasteiger partial charge on any atom is 0.356 e. The van der Waals surface area contributed by atoms with E-state index in [0.29, 0.717) is 11.3 Å². The molecule has 3 aromatic rings. The third-order valence-electron chi connectivity index (χ3n) is 2.72. The van der Waals surface area contributed by atoms with Gasteiger partial charge in [-0.25, -0.2) is 18.7 Å². The highest BCUT2D eigenvalue weighted by molar-refractivity contribution is 5.87. The van der Waals surface area contributed by atoms with Crippen molar-refractivity contribution >= 4 is 24.0 Å². The molecule has 102 valence electrons. The number of nitrogens with zero attached hydrogens (tertiary/aromatic N) is 3. The first-order chi connectivity index (χ1) is 9.15. The van der Waals surface area contributed by atoms with E-state index in [2.05, 4.69) is 10.1 Å². The number of rotatable bonds is 2. The average molecular weight is 294 g/mol. The molecule has 0 amide bonds. The number of benzene rings is 1. The minimum Gasteiger partial charge on any atom is -0.476 e. The molecule has 0 aliphatic rings. The van der Waals surface area contributed by atoms with E-state index in [4.69, 9.17) is 5.11 Å². The third-order valence-corrected chi connectivity index (χ3v) is 2.72. The lowest BCUT2D eigenvalue weighted by atomic mass is 10.1. The fourth-order valence-electron chi connectivity index (χ4n) is 1.84. The van der Waals surface area contributed by atoms with E-state index in [1.807, 2.05) is 0 Å². The van der Waals surface area contributed by atoms with E-state index in [1.165, 1.54) is 22.7 Å². The van der Waals surface area contributed by atoms with Gasteiger partial charge in [0, 0.05) is 17.8 Å². The average Bonchev–Trinajstić information content (AvgIpc) is 2.83. The zero-order chi connectivity index (χ0) is 13.4. The normalized spacial score (nSPS) is 10.2. The number of carbonyl (C=O) groups is 1. The summed E-state index contributed by atoms with van der Waals surface area (Å²) in [7, 11) is 0. The fourth-order valence-corrected chi connectivity index (χ4v) is 1.84. The first-order valence-corrected chi connectivity index (χ1v) is 5.49. The van der Waals surface area contributed by atoms with Crippen molar-refractivity contribution in [3.05, 3.63) is 54.1 Å². The molecule has 2 aromatic heterocycles. The Labute approximate surface area is 119 Å². The van der Waals surface area contributed by atoms with E-state index in [-0.39, 0.29) is 23.9 Å². The number of aromatic carboxylic acids is 1. The van der Waals surface area contributed by atoms with E-state index < -0.39 is 5.97 Å². The number of carboxylic acid groups (broad SMARTS) is 1. The molecule has 5 nitrogen and oxygen atoms in total. The van der Waals surface area contributed by atoms with Crippen LogP contribution in [0.4, 0.5) is 4.39 Å². The van der Waals surface area contributed by atoms with Crippen molar-refractivity contribution in [2.24, 2.45) is 0 Å². The van der Waals surface area contributed by atoms with Crippen molar-refractivity contribution in [1.82, 2.24) is 14.6 Å². The Balaban J connectivity index is 0.00000147. The lowest BCUT2D eigenvalue weighted by Crippen LogP contribution is -1.99. The van der Waals surface area contributed by atoms with E-state index in [1.54, 1.807) is 24.4 Å². The van der Waals surface area contributed by atoms with Crippen LogP contribution in [0.25, 0.3) is 16.9 Å². The molecule has 0 bridgehead atoms. The van der Waals surface area contributed by atoms with Gasteiger partial charge in [0.25, 0.3) is 0 Å². The maximum atomic E-state index is 12.9. The number of carboxylic acids is 1. The topological polar surface area (TPSA) is 67.5 Å². The Bertz CT molecular complexity index is 771. The fraction of sp³-hybridized carbons (Fsp3) is 0. The Morgan fingerprint density at radius 1 is 1.20 bits per heavy atom. The van der Waals surface area contributed by atoms with Crippen molar-refractivity contribution in [1.29, 1.82) is 0 Å². The summed E-state index contributed by atoms with van der Waals surface area (Å²) in [6.45, 7) is 0. The van der Waals surface area contributed by atoms with Crippen molar-refractivity contribution < 1.29 is 14.3 Å². The number of aromatic nitrogens is 3. The van der Waals surface area contributed by atoms with Crippen LogP contribution >= 0.6 is 12.4 Å². The molecule has 1 N–H and O–H groups in total. The first kappa shape index (κ1) is 14.0. The highest BCUT2D eigenvalue weighted by atomic mass is 35.5. The second kappa shape index (κ2) is 5.26. The summed E-state index contributed by atoms with van der Waals surface area (Å²) in [5.41, 5.74) is 1.73. The molecule has 0 unspecified atom stereocenters. The van der Waals surface area contributed by atoms with Crippen LogP contribution in [-0.2, 0) is 0 Å². The lowest BCUT2D eigenvalue weighted by molar-refractivity contribution is 0.0690. The second-order valence-corrected chi connectivity index (χ2v) is 3.94. The van der Waals surface area contributed by atoms with Crippen molar-refractivity contribution in [2.45, 2.75) is 0 Å². The zero-order valence-electron chi connectivity index (χ0n) is 10.0. The zero-order valence-corrected chi connectivity index (χ0v) is 10.8. The SMILES string of the molecule is Cl.O=C(O)c1cc2nccc(-c3ccc(F)cc3)n2n1.